The van der Waals surface area contributed by atoms with Crippen LogP contribution in [0, 0.1) is 7.43 Å². The van der Waals surface area contributed by atoms with Crippen molar-refractivity contribution in [3.05, 3.63) is 55.6 Å². The summed E-state index contributed by atoms with van der Waals surface area (Å²) >= 11 is 0. The Hall–Kier alpha value is -2.56. The molecular weight excluding hydrogens is 436 g/mol. The summed E-state index contributed by atoms with van der Waals surface area (Å²) in [6.07, 6.45) is 22.9. The van der Waals surface area contributed by atoms with Crippen molar-refractivity contribution in [1.82, 2.24) is 10.3 Å². The Morgan fingerprint density at radius 2 is 1.51 bits per heavy atom. The summed E-state index contributed by atoms with van der Waals surface area (Å²) in [5.74, 6) is -1.17. The number of hydrogen-bond donors (Lipinski definition) is 3. The lowest BCUT2D eigenvalue weighted by Crippen LogP contribution is -2.42. The van der Waals surface area contributed by atoms with Crippen molar-refractivity contribution in [2.75, 3.05) is 0 Å². The molecule has 0 bridgehead atoms. The Kier molecular flexibility index (Phi) is 16.3. The molecule has 0 spiro atoms. The zero-order chi connectivity index (χ0) is 24.4. The first kappa shape index (κ1) is 30.5. The van der Waals surface area contributed by atoms with Crippen molar-refractivity contribution in [1.29, 1.82) is 0 Å². The fraction of sp³-hybridized carbons (Fsp3) is 0.567. The van der Waals surface area contributed by atoms with Crippen molar-refractivity contribution in [3.8, 4) is 0 Å². The van der Waals surface area contributed by atoms with Crippen LogP contribution in [-0.2, 0) is 16.0 Å². The van der Waals surface area contributed by atoms with Crippen LogP contribution < -0.4 is 5.32 Å². The Bertz CT molecular complexity index is 871. The number of carboxylic acids is 1. The van der Waals surface area contributed by atoms with E-state index >= 15 is 0 Å². The number of benzene rings is 1. The van der Waals surface area contributed by atoms with Gasteiger partial charge in [-0.2, -0.15) is 0 Å². The quantitative estimate of drug-likeness (QED) is 0.145. The molecule has 2 aromatic rings. The van der Waals surface area contributed by atoms with Crippen molar-refractivity contribution in [2.45, 2.75) is 109 Å². The highest BCUT2D eigenvalue weighted by atomic mass is 16.4. The maximum absolute atomic E-state index is 12.3. The highest BCUT2D eigenvalue weighted by Crippen LogP contribution is 2.19. The van der Waals surface area contributed by atoms with Crippen LogP contribution >= 0.6 is 0 Å². The van der Waals surface area contributed by atoms with Gasteiger partial charge < -0.3 is 15.4 Å². The number of unbranched alkanes of at least 4 members (excludes halogenated alkanes) is 11. The highest BCUT2D eigenvalue weighted by Gasteiger charge is 2.21. The van der Waals surface area contributed by atoms with Gasteiger partial charge in [0.25, 0.3) is 0 Å². The lowest BCUT2D eigenvalue weighted by atomic mass is 10.0. The first-order valence-corrected chi connectivity index (χ1v) is 13.3. The van der Waals surface area contributed by atoms with Gasteiger partial charge in [-0.3, -0.25) is 4.79 Å². The minimum absolute atomic E-state index is 0. The molecule has 5 heteroatoms. The molecule has 1 aromatic carbocycles. The number of aromatic nitrogens is 1. The van der Waals surface area contributed by atoms with E-state index in [-0.39, 0.29) is 19.8 Å². The van der Waals surface area contributed by atoms with Crippen LogP contribution in [0.2, 0.25) is 0 Å². The normalized spacial score (nSPS) is 12.0. The van der Waals surface area contributed by atoms with Crippen molar-refractivity contribution in [2.24, 2.45) is 0 Å². The van der Waals surface area contributed by atoms with Crippen LogP contribution in [0.15, 0.2) is 42.6 Å². The van der Waals surface area contributed by atoms with Gasteiger partial charge >= 0.3 is 5.97 Å². The van der Waals surface area contributed by atoms with Crippen LogP contribution in [0.4, 0.5) is 0 Å². The third kappa shape index (κ3) is 12.6. The maximum atomic E-state index is 12.3. The molecular formula is C30H44N2O3. The Labute approximate surface area is 212 Å². The third-order valence-corrected chi connectivity index (χ3v) is 6.40. The van der Waals surface area contributed by atoms with Gasteiger partial charge in [0.1, 0.15) is 6.04 Å². The number of para-hydroxylation sites is 1. The van der Waals surface area contributed by atoms with E-state index in [1.807, 2.05) is 30.5 Å². The molecule has 0 saturated carbocycles. The van der Waals surface area contributed by atoms with E-state index in [1.165, 1.54) is 57.8 Å². The molecule has 35 heavy (non-hydrogen) atoms. The van der Waals surface area contributed by atoms with Gasteiger partial charge in [-0.05, 0) is 43.7 Å². The second-order valence-corrected chi connectivity index (χ2v) is 9.36. The molecule has 4 radical (unpaired) electrons. The second-order valence-electron chi connectivity index (χ2n) is 9.36. The third-order valence-electron chi connectivity index (χ3n) is 6.40. The first-order valence-electron chi connectivity index (χ1n) is 13.3. The summed E-state index contributed by atoms with van der Waals surface area (Å²) in [7, 11) is 0. The number of aliphatic carboxylic acids is 1. The van der Waals surface area contributed by atoms with Gasteiger partial charge in [-0.15, -0.1) is 0 Å². The maximum Gasteiger partial charge on any atom is 0.326 e. The fourth-order valence-corrected chi connectivity index (χ4v) is 4.34. The molecule has 0 aliphatic rings. The van der Waals surface area contributed by atoms with Crippen LogP contribution in [0.3, 0.4) is 0 Å². The van der Waals surface area contributed by atoms with Crippen LogP contribution in [-0.4, -0.2) is 28.0 Å². The summed E-state index contributed by atoms with van der Waals surface area (Å²) in [4.78, 5) is 27.1. The Morgan fingerprint density at radius 3 is 2.17 bits per heavy atom. The van der Waals surface area contributed by atoms with E-state index in [0.717, 1.165) is 42.1 Å². The first-order chi connectivity index (χ1) is 16.6. The van der Waals surface area contributed by atoms with E-state index in [9.17, 15) is 14.7 Å². The lowest BCUT2D eigenvalue weighted by Gasteiger charge is -2.14. The molecule has 2 rings (SSSR count). The number of carbonyl (C=O) groups excluding carboxylic acids is 1. The number of amides is 1. The summed E-state index contributed by atoms with van der Waals surface area (Å²) in [5.41, 5.74) is 1.88. The van der Waals surface area contributed by atoms with E-state index in [4.69, 9.17) is 0 Å². The lowest BCUT2D eigenvalue weighted by molar-refractivity contribution is -0.141. The number of fused-ring (bicyclic) bond motifs is 1. The predicted octanol–water partition coefficient (Wildman–Crippen LogP) is 7.40. The van der Waals surface area contributed by atoms with E-state index in [0.29, 0.717) is 6.42 Å². The summed E-state index contributed by atoms with van der Waals surface area (Å²) in [5, 5.41) is 13.3. The van der Waals surface area contributed by atoms with Gasteiger partial charge in [-0.1, -0.05) is 88.6 Å². The van der Waals surface area contributed by atoms with Crippen molar-refractivity contribution in [3.63, 3.8) is 0 Å². The summed E-state index contributed by atoms with van der Waals surface area (Å²) in [6.45, 7) is 2.25. The number of hydrogen-bond acceptors (Lipinski definition) is 2. The topological polar surface area (TPSA) is 82.2 Å². The van der Waals surface area contributed by atoms with E-state index in [2.05, 4.69) is 29.4 Å². The smallest absolute Gasteiger partial charge is 0.326 e. The molecule has 0 unspecified atom stereocenters. The Morgan fingerprint density at radius 1 is 0.914 bits per heavy atom. The standard InChI is InChI=1S/C29H44N2O3.C/c1-2-3-4-5-6-7-8-9-10-11-12-13-14-15-16-21-28(32)31-27(29(33)34)22-24-23-30-26-20-18-17-19-25(24)26;/h9-10,17-20,23,27,30H,2-8,11-16,21-22H2,1H3,(H,31,32)(H,33,34);/b10-9-;/t27-;/m0./s1. The number of rotatable bonds is 19. The number of H-pyrrole nitrogens is 1. The van der Waals surface area contributed by atoms with Crippen LogP contribution in [0.1, 0.15) is 102 Å². The van der Waals surface area contributed by atoms with Gasteiger partial charge in [-0.25, -0.2) is 4.79 Å². The summed E-state index contributed by atoms with van der Waals surface area (Å²) in [6, 6.07) is 6.89. The second kappa shape index (κ2) is 18.7. The monoisotopic (exact) mass is 480 g/mol. The minimum Gasteiger partial charge on any atom is -0.480 e. The number of carboxylic acid groups (broad SMARTS) is 1. The highest BCUT2D eigenvalue weighted by molar-refractivity contribution is 5.86. The SMILES string of the molecule is CCCCCCCC/C=C\CCCCCCCC(=O)N[C@@H](Cc1c[nH]c2ccccc12)C(=O)O.[C]. The van der Waals surface area contributed by atoms with Crippen LogP contribution in [0.25, 0.3) is 10.9 Å². The molecule has 1 atom stereocenters. The van der Waals surface area contributed by atoms with E-state index in [1.54, 1.807) is 0 Å². The molecule has 0 aliphatic heterocycles. The molecule has 0 saturated heterocycles. The average Bonchev–Trinajstić information content (AvgIpc) is 3.24. The molecule has 1 amide bonds. The molecule has 0 aliphatic carbocycles. The summed E-state index contributed by atoms with van der Waals surface area (Å²) < 4.78 is 0. The number of aromatic amines is 1. The average molecular weight is 481 g/mol. The molecule has 192 valence electrons. The zero-order valence-corrected chi connectivity index (χ0v) is 21.5. The van der Waals surface area contributed by atoms with Crippen molar-refractivity contribution < 1.29 is 14.7 Å². The molecule has 1 aromatic heterocycles. The number of allylic oxidation sites excluding steroid dienone is 2. The number of nitrogens with one attached hydrogen (secondary N) is 2. The van der Waals surface area contributed by atoms with Gasteiger partial charge in [0.2, 0.25) is 5.91 Å². The zero-order valence-electron chi connectivity index (χ0n) is 21.5. The fourth-order valence-electron chi connectivity index (χ4n) is 4.34. The van der Waals surface area contributed by atoms with E-state index < -0.39 is 12.0 Å². The van der Waals surface area contributed by atoms with Gasteiger partial charge in [0.05, 0.1) is 0 Å². The Balaban J connectivity index is 0.00000612. The predicted molar refractivity (Wildman–Crippen MR) is 144 cm³/mol. The molecule has 0 fully saturated rings. The largest absolute Gasteiger partial charge is 0.480 e. The minimum atomic E-state index is -0.997. The molecule has 3 N–H and O–H groups in total. The number of carbonyl (C=O) groups is 2. The van der Waals surface area contributed by atoms with Gasteiger partial charge in [0.15, 0.2) is 0 Å². The van der Waals surface area contributed by atoms with Gasteiger partial charge in [0, 0.05) is 37.4 Å². The van der Waals surface area contributed by atoms with Crippen molar-refractivity contribution >= 4 is 22.8 Å². The van der Waals surface area contributed by atoms with Crippen LogP contribution in [0.5, 0.6) is 0 Å². The molecule has 1 heterocycles. The molecule has 5 nitrogen and oxygen atoms in total.